The van der Waals surface area contributed by atoms with Gasteiger partial charge in [-0.3, -0.25) is 0 Å². The van der Waals surface area contributed by atoms with Crippen molar-refractivity contribution in [3.05, 3.63) is 127 Å². The molecule has 0 bridgehead atoms. The Morgan fingerprint density at radius 3 is 1.68 bits per heavy atom. The zero-order chi connectivity index (χ0) is 25.2. The molecule has 37 heavy (non-hydrogen) atoms. The molecular formula is C32H23BN2O2. The average Bonchev–Trinajstić information content (AvgIpc) is 2.97. The van der Waals surface area contributed by atoms with Gasteiger partial charge in [-0.1, -0.05) is 121 Å². The maximum Gasteiger partial charge on any atom is 0.489 e. The van der Waals surface area contributed by atoms with Gasteiger partial charge in [0.2, 0.25) is 0 Å². The highest BCUT2D eigenvalue weighted by molar-refractivity contribution is 6.62. The summed E-state index contributed by atoms with van der Waals surface area (Å²) in [4.78, 5) is 9.89. The van der Waals surface area contributed by atoms with Crippen LogP contribution >= 0.6 is 0 Å². The maximum absolute atomic E-state index is 9.90. The van der Waals surface area contributed by atoms with Gasteiger partial charge in [-0.2, -0.15) is 0 Å². The summed E-state index contributed by atoms with van der Waals surface area (Å²) >= 11 is 0. The molecule has 5 heteroatoms. The zero-order valence-electron chi connectivity index (χ0n) is 20.0. The fourth-order valence-electron chi connectivity index (χ4n) is 4.68. The highest BCUT2D eigenvalue weighted by Crippen LogP contribution is 2.32. The Morgan fingerprint density at radius 1 is 0.459 bits per heavy atom. The molecule has 0 saturated carbocycles. The van der Waals surface area contributed by atoms with E-state index in [1.165, 1.54) is 5.56 Å². The molecule has 0 saturated heterocycles. The Hall–Kier alpha value is -4.58. The van der Waals surface area contributed by atoms with Crippen molar-refractivity contribution in [2.24, 2.45) is 0 Å². The van der Waals surface area contributed by atoms with Crippen LogP contribution in [0.4, 0.5) is 0 Å². The first-order valence-electron chi connectivity index (χ1n) is 12.2. The number of rotatable bonds is 5. The fourth-order valence-corrected chi connectivity index (χ4v) is 4.68. The molecule has 0 fully saturated rings. The van der Waals surface area contributed by atoms with Crippen LogP contribution in [0.5, 0.6) is 0 Å². The van der Waals surface area contributed by atoms with Crippen LogP contribution in [0.3, 0.4) is 0 Å². The van der Waals surface area contributed by atoms with E-state index in [0.717, 1.165) is 44.4 Å². The smallest absolute Gasteiger partial charge is 0.423 e. The van der Waals surface area contributed by atoms with Gasteiger partial charge in [-0.25, -0.2) is 9.97 Å². The van der Waals surface area contributed by atoms with Crippen LogP contribution in [-0.4, -0.2) is 27.1 Å². The van der Waals surface area contributed by atoms with Gasteiger partial charge in [0, 0.05) is 16.7 Å². The summed E-state index contributed by atoms with van der Waals surface area (Å²) in [5, 5.41) is 21.5. The van der Waals surface area contributed by atoms with Crippen LogP contribution in [0.1, 0.15) is 0 Å². The van der Waals surface area contributed by atoms with Gasteiger partial charge >= 0.3 is 7.12 Å². The molecule has 1 heterocycles. The van der Waals surface area contributed by atoms with Crippen molar-refractivity contribution in [3.63, 3.8) is 0 Å². The van der Waals surface area contributed by atoms with E-state index in [4.69, 9.17) is 9.97 Å². The Morgan fingerprint density at radius 2 is 1.00 bits per heavy atom. The van der Waals surface area contributed by atoms with E-state index in [0.29, 0.717) is 11.3 Å². The minimum atomic E-state index is -1.55. The number of hydrogen-bond donors (Lipinski definition) is 2. The summed E-state index contributed by atoms with van der Waals surface area (Å²) in [6.45, 7) is 0. The Bertz CT molecular complexity index is 1690. The summed E-state index contributed by atoms with van der Waals surface area (Å²) in [6, 6.07) is 42.0. The molecule has 6 rings (SSSR count). The molecule has 0 aliphatic rings. The molecular weight excluding hydrogens is 455 g/mol. The molecule has 1 aromatic heterocycles. The van der Waals surface area contributed by atoms with E-state index >= 15 is 0 Å². The molecule has 0 unspecified atom stereocenters. The summed E-state index contributed by atoms with van der Waals surface area (Å²) < 4.78 is 0. The Balaban J connectivity index is 1.52. The quantitative estimate of drug-likeness (QED) is 0.300. The first-order chi connectivity index (χ1) is 18.2. The number of nitrogens with zero attached hydrogens (tertiary/aromatic N) is 2. The number of aromatic nitrogens is 2. The lowest BCUT2D eigenvalue weighted by Gasteiger charge is -2.13. The van der Waals surface area contributed by atoms with Crippen LogP contribution in [0, 0.1) is 0 Å². The predicted octanol–water partition coefficient (Wildman–Crippen LogP) is 5.98. The molecule has 0 amide bonds. The van der Waals surface area contributed by atoms with Crippen LogP contribution < -0.4 is 5.46 Å². The minimum absolute atomic E-state index is 0.466. The lowest BCUT2D eigenvalue weighted by molar-refractivity contribution is 0.426. The molecule has 0 spiro atoms. The van der Waals surface area contributed by atoms with Crippen molar-refractivity contribution in [3.8, 4) is 45.0 Å². The molecule has 0 atom stereocenters. The van der Waals surface area contributed by atoms with Gasteiger partial charge in [0.15, 0.2) is 5.82 Å². The summed E-state index contributed by atoms with van der Waals surface area (Å²) in [6.07, 6.45) is 0. The summed E-state index contributed by atoms with van der Waals surface area (Å²) in [7, 11) is -1.55. The molecule has 4 nitrogen and oxygen atoms in total. The van der Waals surface area contributed by atoms with Crippen molar-refractivity contribution in [1.82, 2.24) is 9.97 Å². The number of benzene rings is 5. The lowest BCUT2D eigenvalue weighted by atomic mass is 9.76. The predicted molar refractivity (Wildman–Crippen MR) is 151 cm³/mol. The van der Waals surface area contributed by atoms with Crippen LogP contribution in [-0.2, 0) is 0 Å². The second-order valence-corrected chi connectivity index (χ2v) is 8.89. The zero-order valence-corrected chi connectivity index (χ0v) is 20.0. The molecule has 0 aliphatic carbocycles. The van der Waals surface area contributed by atoms with Crippen molar-refractivity contribution in [1.29, 1.82) is 0 Å². The van der Waals surface area contributed by atoms with Crippen molar-refractivity contribution in [2.45, 2.75) is 0 Å². The third-order valence-electron chi connectivity index (χ3n) is 6.56. The lowest BCUT2D eigenvalue weighted by Crippen LogP contribution is -2.30. The van der Waals surface area contributed by atoms with E-state index in [-0.39, 0.29) is 0 Å². The first-order valence-corrected chi connectivity index (χ1v) is 12.2. The number of hydrogen-bond acceptors (Lipinski definition) is 4. The van der Waals surface area contributed by atoms with Crippen molar-refractivity contribution >= 4 is 23.4 Å². The van der Waals surface area contributed by atoms with Crippen molar-refractivity contribution < 1.29 is 10.0 Å². The Labute approximate surface area is 215 Å². The van der Waals surface area contributed by atoms with E-state index in [1.807, 2.05) is 84.9 Å². The summed E-state index contributed by atoms with van der Waals surface area (Å²) in [5.41, 5.74) is 7.19. The minimum Gasteiger partial charge on any atom is -0.423 e. The van der Waals surface area contributed by atoms with E-state index in [9.17, 15) is 10.0 Å². The van der Waals surface area contributed by atoms with Crippen LogP contribution in [0.25, 0.3) is 55.8 Å². The van der Waals surface area contributed by atoms with E-state index in [2.05, 4.69) is 36.4 Å². The molecule has 5 aromatic carbocycles. The second-order valence-electron chi connectivity index (χ2n) is 8.89. The standard InChI is InChI=1S/C32H23BN2O2/c36-33(37)29-20-19-28(26-13-7-8-14-27(26)29)31-21-30(34-32(35-31)25-11-5-2-6-12-25)24-17-15-23(16-18-24)22-9-3-1-4-10-22/h1-21,36-37H. The Kier molecular flexibility index (Phi) is 6.07. The SMILES string of the molecule is OB(O)c1ccc(-c2cc(-c3ccc(-c4ccccc4)cc3)nc(-c3ccccc3)n2)c2ccccc12. The molecule has 0 radical (unpaired) electrons. The molecule has 0 aliphatic heterocycles. The van der Waals surface area contributed by atoms with Gasteiger partial charge in [-0.05, 0) is 33.4 Å². The topological polar surface area (TPSA) is 66.2 Å². The third-order valence-corrected chi connectivity index (χ3v) is 6.56. The van der Waals surface area contributed by atoms with Crippen molar-refractivity contribution in [2.75, 3.05) is 0 Å². The third kappa shape index (κ3) is 4.54. The highest BCUT2D eigenvalue weighted by Gasteiger charge is 2.18. The van der Waals surface area contributed by atoms with Gasteiger partial charge < -0.3 is 10.0 Å². The molecule has 2 N–H and O–H groups in total. The van der Waals surface area contributed by atoms with E-state index in [1.54, 1.807) is 6.07 Å². The monoisotopic (exact) mass is 478 g/mol. The van der Waals surface area contributed by atoms with Crippen LogP contribution in [0.2, 0.25) is 0 Å². The molecule has 6 aromatic rings. The highest BCUT2D eigenvalue weighted by atomic mass is 16.4. The van der Waals surface area contributed by atoms with E-state index < -0.39 is 7.12 Å². The second kappa shape index (κ2) is 9.82. The normalized spacial score (nSPS) is 11.0. The van der Waals surface area contributed by atoms with Gasteiger partial charge in [0.05, 0.1) is 11.4 Å². The van der Waals surface area contributed by atoms with Gasteiger partial charge in [0.1, 0.15) is 0 Å². The van der Waals surface area contributed by atoms with Gasteiger partial charge in [-0.15, -0.1) is 0 Å². The molecule has 176 valence electrons. The first kappa shape index (κ1) is 22.9. The fraction of sp³-hybridized carbons (Fsp3) is 0. The summed E-state index contributed by atoms with van der Waals surface area (Å²) in [5.74, 6) is 0.635. The largest absolute Gasteiger partial charge is 0.489 e. The average molecular weight is 478 g/mol. The van der Waals surface area contributed by atoms with Crippen LogP contribution in [0.15, 0.2) is 127 Å². The van der Waals surface area contributed by atoms with Gasteiger partial charge in [0.25, 0.3) is 0 Å². The maximum atomic E-state index is 9.90. The number of fused-ring (bicyclic) bond motifs is 1.